The third-order valence-electron chi connectivity index (χ3n) is 2.96. The second kappa shape index (κ2) is 6.02. The molecule has 0 aliphatic carbocycles. The molecule has 1 aromatic carbocycles. The number of hydrogen-bond donors (Lipinski definition) is 3. The minimum Gasteiger partial charge on any atom is -0.478 e. The summed E-state index contributed by atoms with van der Waals surface area (Å²) in [7, 11) is 0. The molecule has 1 heterocycles. The average Bonchev–Trinajstić information content (AvgIpc) is 2.85. The Morgan fingerprint density at radius 2 is 2.11 bits per heavy atom. The van der Waals surface area contributed by atoms with Gasteiger partial charge in [-0.2, -0.15) is 0 Å². The summed E-state index contributed by atoms with van der Waals surface area (Å²) in [4.78, 5) is 23.3. The van der Waals surface area contributed by atoms with Crippen LogP contribution in [0.4, 0.5) is 5.69 Å². The fourth-order valence-corrected chi connectivity index (χ4v) is 3.30. The van der Waals surface area contributed by atoms with E-state index in [9.17, 15) is 14.7 Å². The largest absolute Gasteiger partial charge is 0.478 e. The molecule has 102 valence electrons. The molecule has 0 aromatic heterocycles. The van der Waals surface area contributed by atoms with Crippen LogP contribution in [0.3, 0.4) is 0 Å². The Labute approximate surface area is 127 Å². The molecule has 1 unspecified atom stereocenters. The lowest BCUT2D eigenvalue weighted by molar-refractivity contribution is -0.119. The van der Waals surface area contributed by atoms with Crippen LogP contribution in [0.5, 0.6) is 0 Å². The summed E-state index contributed by atoms with van der Waals surface area (Å²) in [5, 5.41) is 15.0. The van der Waals surface area contributed by atoms with Crippen LogP contribution in [0, 0.1) is 5.92 Å². The van der Waals surface area contributed by atoms with E-state index in [2.05, 4.69) is 42.5 Å². The molecule has 1 saturated heterocycles. The second-order valence-corrected chi connectivity index (χ2v) is 6.06. The average molecular weight is 392 g/mol. The first-order chi connectivity index (χ1) is 8.99. The van der Waals surface area contributed by atoms with E-state index in [0.717, 1.165) is 13.0 Å². The quantitative estimate of drug-likeness (QED) is 0.739. The van der Waals surface area contributed by atoms with Crippen molar-refractivity contribution in [1.82, 2.24) is 5.32 Å². The number of amides is 1. The van der Waals surface area contributed by atoms with Gasteiger partial charge in [-0.15, -0.1) is 0 Å². The van der Waals surface area contributed by atoms with Crippen molar-refractivity contribution in [2.75, 3.05) is 18.4 Å². The van der Waals surface area contributed by atoms with E-state index in [4.69, 9.17) is 0 Å². The number of halogens is 2. The Bertz CT molecular complexity index is 528. The highest BCUT2D eigenvalue weighted by Gasteiger charge is 2.25. The van der Waals surface area contributed by atoms with Gasteiger partial charge in [-0.1, -0.05) is 15.9 Å². The molecule has 1 fully saturated rings. The summed E-state index contributed by atoms with van der Waals surface area (Å²) < 4.78 is 1.18. The SMILES string of the molecule is O=C(O)c1cc(Br)cc(Br)c1NC(=O)C1CCNC1. The molecule has 0 spiro atoms. The molecule has 7 heteroatoms. The molecule has 0 bridgehead atoms. The maximum atomic E-state index is 12.1. The molecule has 1 aliphatic rings. The molecule has 0 radical (unpaired) electrons. The van der Waals surface area contributed by atoms with Gasteiger partial charge in [-0.05, 0) is 41.0 Å². The van der Waals surface area contributed by atoms with E-state index in [1.54, 1.807) is 6.07 Å². The third kappa shape index (κ3) is 3.34. The maximum absolute atomic E-state index is 12.1. The van der Waals surface area contributed by atoms with E-state index in [-0.39, 0.29) is 17.4 Å². The van der Waals surface area contributed by atoms with Crippen molar-refractivity contribution in [2.45, 2.75) is 6.42 Å². The zero-order valence-electron chi connectivity index (χ0n) is 9.87. The Morgan fingerprint density at radius 3 is 2.68 bits per heavy atom. The summed E-state index contributed by atoms with van der Waals surface area (Å²) in [5.41, 5.74) is 0.355. The fourth-order valence-electron chi connectivity index (χ4n) is 1.97. The minimum absolute atomic E-state index is 0.0561. The van der Waals surface area contributed by atoms with Gasteiger partial charge in [-0.25, -0.2) is 4.79 Å². The highest BCUT2D eigenvalue weighted by atomic mass is 79.9. The molecule has 2 rings (SSSR count). The Balaban J connectivity index is 2.28. The van der Waals surface area contributed by atoms with Crippen molar-refractivity contribution in [3.63, 3.8) is 0 Å². The molecule has 1 aliphatic heterocycles. The van der Waals surface area contributed by atoms with E-state index in [0.29, 0.717) is 21.2 Å². The molecule has 1 atom stereocenters. The molecule has 1 amide bonds. The number of carboxylic acids is 1. The van der Waals surface area contributed by atoms with Gasteiger partial charge in [0, 0.05) is 15.5 Å². The van der Waals surface area contributed by atoms with Crippen LogP contribution in [0.25, 0.3) is 0 Å². The van der Waals surface area contributed by atoms with Gasteiger partial charge >= 0.3 is 5.97 Å². The molecule has 3 N–H and O–H groups in total. The second-order valence-electron chi connectivity index (χ2n) is 4.29. The normalized spacial score (nSPS) is 18.3. The number of nitrogens with one attached hydrogen (secondary N) is 2. The number of anilines is 1. The van der Waals surface area contributed by atoms with E-state index in [1.165, 1.54) is 6.07 Å². The van der Waals surface area contributed by atoms with Gasteiger partial charge in [0.1, 0.15) is 0 Å². The van der Waals surface area contributed by atoms with Crippen molar-refractivity contribution in [1.29, 1.82) is 0 Å². The number of carbonyl (C=O) groups is 2. The standard InChI is InChI=1S/C12H12Br2N2O3/c13-7-3-8(12(18)19)10(9(14)4-7)16-11(17)6-1-2-15-5-6/h3-4,6,15H,1-2,5H2,(H,16,17)(H,18,19). The van der Waals surface area contributed by atoms with Gasteiger partial charge in [0.15, 0.2) is 0 Å². The lowest BCUT2D eigenvalue weighted by Gasteiger charge is -2.14. The van der Waals surface area contributed by atoms with Crippen LogP contribution in [0.2, 0.25) is 0 Å². The van der Waals surface area contributed by atoms with Crippen LogP contribution in [-0.4, -0.2) is 30.1 Å². The number of carbonyl (C=O) groups excluding carboxylic acids is 1. The van der Waals surface area contributed by atoms with E-state index >= 15 is 0 Å². The highest BCUT2D eigenvalue weighted by Crippen LogP contribution is 2.31. The Morgan fingerprint density at radius 1 is 1.37 bits per heavy atom. The number of rotatable bonds is 3. The summed E-state index contributed by atoms with van der Waals surface area (Å²) in [6.45, 7) is 1.44. The summed E-state index contributed by atoms with van der Waals surface area (Å²) in [5.74, 6) is -1.35. The lowest BCUT2D eigenvalue weighted by Crippen LogP contribution is -2.25. The zero-order valence-corrected chi connectivity index (χ0v) is 13.0. The Kier molecular flexibility index (Phi) is 4.59. The molecular formula is C12H12Br2N2O3. The molecule has 5 nitrogen and oxygen atoms in total. The zero-order chi connectivity index (χ0) is 14.0. The first-order valence-corrected chi connectivity index (χ1v) is 7.31. The van der Waals surface area contributed by atoms with Crippen molar-refractivity contribution in [2.24, 2.45) is 5.92 Å². The van der Waals surface area contributed by atoms with Crippen LogP contribution >= 0.6 is 31.9 Å². The topological polar surface area (TPSA) is 78.4 Å². The Hall–Kier alpha value is -0.920. The van der Waals surface area contributed by atoms with Crippen LogP contribution in [0.15, 0.2) is 21.1 Å². The first kappa shape index (κ1) is 14.5. The van der Waals surface area contributed by atoms with Crippen molar-refractivity contribution < 1.29 is 14.7 Å². The van der Waals surface area contributed by atoms with Gasteiger partial charge in [-0.3, -0.25) is 4.79 Å². The number of benzene rings is 1. The minimum atomic E-state index is -1.08. The lowest BCUT2D eigenvalue weighted by atomic mass is 10.1. The van der Waals surface area contributed by atoms with Crippen molar-refractivity contribution >= 4 is 49.4 Å². The van der Waals surface area contributed by atoms with Crippen molar-refractivity contribution in [3.8, 4) is 0 Å². The molecular weight excluding hydrogens is 380 g/mol. The van der Waals surface area contributed by atoms with E-state index < -0.39 is 5.97 Å². The number of hydrogen-bond acceptors (Lipinski definition) is 3. The predicted octanol–water partition coefficient (Wildman–Crippen LogP) is 2.46. The molecule has 1 aromatic rings. The smallest absolute Gasteiger partial charge is 0.337 e. The number of carboxylic acid groups (broad SMARTS) is 1. The molecule has 0 saturated carbocycles. The number of aromatic carboxylic acids is 1. The summed E-state index contributed by atoms with van der Waals surface area (Å²) in [6, 6.07) is 3.17. The monoisotopic (exact) mass is 390 g/mol. The van der Waals surface area contributed by atoms with Crippen LogP contribution < -0.4 is 10.6 Å². The van der Waals surface area contributed by atoms with Gasteiger partial charge < -0.3 is 15.7 Å². The first-order valence-electron chi connectivity index (χ1n) is 5.73. The van der Waals surface area contributed by atoms with Gasteiger partial charge in [0.25, 0.3) is 0 Å². The van der Waals surface area contributed by atoms with Crippen LogP contribution in [0.1, 0.15) is 16.8 Å². The highest BCUT2D eigenvalue weighted by molar-refractivity contribution is 9.11. The van der Waals surface area contributed by atoms with E-state index in [1.807, 2.05) is 0 Å². The van der Waals surface area contributed by atoms with Gasteiger partial charge in [0.2, 0.25) is 5.91 Å². The van der Waals surface area contributed by atoms with Crippen molar-refractivity contribution in [3.05, 3.63) is 26.6 Å². The third-order valence-corrected chi connectivity index (χ3v) is 4.05. The fraction of sp³-hybridized carbons (Fsp3) is 0.333. The predicted molar refractivity (Wildman–Crippen MR) is 78.4 cm³/mol. The maximum Gasteiger partial charge on any atom is 0.337 e. The molecule has 19 heavy (non-hydrogen) atoms. The van der Waals surface area contributed by atoms with Gasteiger partial charge in [0.05, 0.1) is 17.2 Å². The van der Waals surface area contributed by atoms with Crippen LogP contribution in [-0.2, 0) is 4.79 Å². The summed E-state index contributed by atoms with van der Waals surface area (Å²) in [6.07, 6.45) is 0.766. The summed E-state index contributed by atoms with van der Waals surface area (Å²) >= 11 is 6.51.